The Labute approximate surface area is 152 Å². The van der Waals surface area contributed by atoms with E-state index in [2.05, 4.69) is 9.88 Å². The van der Waals surface area contributed by atoms with Gasteiger partial charge in [-0.3, -0.25) is 9.88 Å². The zero-order chi connectivity index (χ0) is 18.5. The number of benzene rings is 1. The first-order valence-electron chi connectivity index (χ1n) is 8.53. The van der Waals surface area contributed by atoms with Crippen LogP contribution in [-0.4, -0.2) is 65.1 Å². The summed E-state index contributed by atoms with van der Waals surface area (Å²) < 4.78 is 0. The van der Waals surface area contributed by atoms with E-state index in [-0.39, 0.29) is 18.1 Å². The number of carbonyl (C=O) groups excluding carboxylic acids is 1. The maximum Gasteiger partial charge on any atom is 0.337 e. The van der Waals surface area contributed by atoms with Gasteiger partial charge in [-0.15, -0.1) is 0 Å². The van der Waals surface area contributed by atoms with E-state index in [4.69, 9.17) is 5.11 Å². The van der Waals surface area contributed by atoms with E-state index in [1.807, 2.05) is 42.3 Å². The lowest BCUT2D eigenvalue weighted by atomic mass is 10.2. The van der Waals surface area contributed by atoms with Crippen LogP contribution in [0.4, 0.5) is 10.5 Å². The molecule has 0 saturated carbocycles. The topological polar surface area (TPSA) is 77.0 Å². The highest BCUT2D eigenvalue weighted by Gasteiger charge is 2.25. The average molecular weight is 354 g/mol. The van der Waals surface area contributed by atoms with Crippen LogP contribution in [0.15, 0.2) is 48.7 Å². The van der Waals surface area contributed by atoms with Crippen LogP contribution in [0.3, 0.4) is 0 Å². The van der Waals surface area contributed by atoms with Gasteiger partial charge in [0.05, 0.1) is 17.8 Å². The number of carbonyl (C=O) groups is 2. The standard InChI is InChI=1S/C19H22N4O3/c1-21-9-11-22(12-10-21)19(26)23(17-5-3-2-4-6-17)14-16-8-7-15(13-20-16)18(24)25/h2-8,13H,9-12,14H2,1H3,(H,24,25). The third kappa shape index (κ3) is 4.18. The molecule has 1 saturated heterocycles. The number of pyridine rings is 1. The summed E-state index contributed by atoms with van der Waals surface area (Å²) in [6.07, 6.45) is 1.32. The zero-order valence-corrected chi connectivity index (χ0v) is 14.7. The van der Waals surface area contributed by atoms with Crippen molar-refractivity contribution in [3.63, 3.8) is 0 Å². The largest absolute Gasteiger partial charge is 0.478 e. The number of piperazine rings is 1. The van der Waals surface area contributed by atoms with Gasteiger partial charge in [0.1, 0.15) is 0 Å². The second-order valence-electron chi connectivity index (χ2n) is 6.34. The van der Waals surface area contributed by atoms with E-state index in [9.17, 15) is 9.59 Å². The first-order chi connectivity index (χ1) is 12.5. The molecule has 0 spiro atoms. The highest BCUT2D eigenvalue weighted by Crippen LogP contribution is 2.19. The number of anilines is 1. The van der Waals surface area contributed by atoms with Crippen molar-refractivity contribution in [1.82, 2.24) is 14.8 Å². The summed E-state index contributed by atoms with van der Waals surface area (Å²) in [5, 5.41) is 9.00. The first kappa shape index (κ1) is 17.9. The van der Waals surface area contributed by atoms with Crippen LogP contribution < -0.4 is 4.90 Å². The second kappa shape index (κ2) is 7.97. The van der Waals surface area contributed by atoms with Crippen molar-refractivity contribution >= 4 is 17.7 Å². The third-order valence-corrected chi connectivity index (χ3v) is 4.46. The molecule has 0 aliphatic carbocycles. The summed E-state index contributed by atoms with van der Waals surface area (Å²) in [5.74, 6) is -1.02. The normalized spacial score (nSPS) is 14.9. The molecule has 2 heterocycles. The molecular weight excluding hydrogens is 332 g/mol. The number of nitrogens with zero attached hydrogens (tertiary/aromatic N) is 4. The number of aromatic nitrogens is 1. The molecule has 3 rings (SSSR count). The molecular formula is C19H22N4O3. The number of aromatic carboxylic acids is 1. The van der Waals surface area contributed by atoms with E-state index >= 15 is 0 Å². The van der Waals surface area contributed by atoms with Crippen LogP contribution in [0.2, 0.25) is 0 Å². The minimum Gasteiger partial charge on any atom is -0.478 e. The molecule has 1 aromatic carbocycles. The summed E-state index contributed by atoms with van der Waals surface area (Å²) in [7, 11) is 2.05. The van der Waals surface area contributed by atoms with Gasteiger partial charge in [-0.2, -0.15) is 0 Å². The Hall–Kier alpha value is -2.93. The number of amides is 2. The van der Waals surface area contributed by atoms with E-state index in [0.717, 1.165) is 18.8 Å². The molecule has 7 heteroatoms. The van der Waals surface area contributed by atoms with E-state index < -0.39 is 5.97 Å². The van der Waals surface area contributed by atoms with Crippen LogP contribution in [0, 0.1) is 0 Å². The third-order valence-electron chi connectivity index (χ3n) is 4.46. The monoisotopic (exact) mass is 354 g/mol. The Morgan fingerprint density at radius 3 is 2.35 bits per heavy atom. The van der Waals surface area contributed by atoms with E-state index in [0.29, 0.717) is 18.8 Å². The maximum absolute atomic E-state index is 13.1. The number of likely N-dealkylation sites (N-methyl/N-ethyl adjacent to an activating group) is 1. The van der Waals surface area contributed by atoms with Crippen LogP contribution in [0.1, 0.15) is 16.1 Å². The van der Waals surface area contributed by atoms with Gasteiger partial charge < -0.3 is 14.9 Å². The Morgan fingerprint density at radius 2 is 1.77 bits per heavy atom. The molecule has 1 aliphatic rings. The summed E-state index contributed by atoms with van der Waals surface area (Å²) in [4.78, 5) is 34.0. The van der Waals surface area contributed by atoms with Crippen molar-refractivity contribution in [2.24, 2.45) is 0 Å². The lowest BCUT2D eigenvalue weighted by Crippen LogP contribution is -2.52. The molecule has 0 bridgehead atoms. The second-order valence-corrected chi connectivity index (χ2v) is 6.34. The van der Waals surface area contributed by atoms with Gasteiger partial charge in [0.2, 0.25) is 0 Å². The van der Waals surface area contributed by atoms with Crippen molar-refractivity contribution < 1.29 is 14.7 Å². The molecule has 26 heavy (non-hydrogen) atoms. The molecule has 2 amide bonds. The molecule has 0 atom stereocenters. The minimum absolute atomic E-state index is 0.0617. The first-order valence-corrected chi connectivity index (χ1v) is 8.53. The lowest BCUT2D eigenvalue weighted by Gasteiger charge is -2.36. The number of carboxylic acid groups (broad SMARTS) is 1. The molecule has 136 valence electrons. The predicted molar refractivity (Wildman–Crippen MR) is 98.3 cm³/mol. The Morgan fingerprint density at radius 1 is 1.08 bits per heavy atom. The molecule has 1 fully saturated rings. The number of para-hydroxylation sites is 1. The highest BCUT2D eigenvalue weighted by molar-refractivity contribution is 5.92. The van der Waals surface area contributed by atoms with Gasteiger partial charge in [0.15, 0.2) is 0 Å². The van der Waals surface area contributed by atoms with Crippen LogP contribution in [0.25, 0.3) is 0 Å². The van der Waals surface area contributed by atoms with E-state index in [1.165, 1.54) is 12.3 Å². The number of urea groups is 1. The molecule has 0 unspecified atom stereocenters. The van der Waals surface area contributed by atoms with Crippen LogP contribution in [-0.2, 0) is 6.54 Å². The van der Waals surface area contributed by atoms with Crippen molar-refractivity contribution in [3.05, 3.63) is 59.9 Å². The Balaban J connectivity index is 1.81. The lowest BCUT2D eigenvalue weighted by molar-refractivity contribution is 0.0696. The fourth-order valence-electron chi connectivity index (χ4n) is 2.85. The quantitative estimate of drug-likeness (QED) is 0.910. The summed E-state index contributed by atoms with van der Waals surface area (Å²) in [6, 6.07) is 12.6. The van der Waals surface area contributed by atoms with Crippen molar-refractivity contribution in [1.29, 1.82) is 0 Å². The fraction of sp³-hybridized carbons (Fsp3) is 0.316. The summed E-state index contributed by atoms with van der Waals surface area (Å²) >= 11 is 0. The van der Waals surface area contributed by atoms with Gasteiger partial charge in [-0.1, -0.05) is 18.2 Å². The molecule has 1 N–H and O–H groups in total. The average Bonchev–Trinajstić information content (AvgIpc) is 2.67. The van der Waals surface area contributed by atoms with Gasteiger partial charge in [-0.25, -0.2) is 9.59 Å². The Bertz CT molecular complexity index is 756. The smallest absolute Gasteiger partial charge is 0.337 e. The van der Waals surface area contributed by atoms with Gasteiger partial charge in [0.25, 0.3) is 0 Å². The number of carboxylic acids is 1. The van der Waals surface area contributed by atoms with Crippen molar-refractivity contribution in [3.8, 4) is 0 Å². The predicted octanol–water partition coefficient (Wildman–Crippen LogP) is 2.15. The summed E-state index contributed by atoms with van der Waals surface area (Å²) in [5.41, 5.74) is 1.56. The summed E-state index contributed by atoms with van der Waals surface area (Å²) in [6.45, 7) is 3.35. The van der Waals surface area contributed by atoms with Crippen molar-refractivity contribution in [2.45, 2.75) is 6.54 Å². The van der Waals surface area contributed by atoms with Crippen molar-refractivity contribution in [2.75, 3.05) is 38.1 Å². The van der Waals surface area contributed by atoms with Gasteiger partial charge in [0, 0.05) is 38.1 Å². The maximum atomic E-state index is 13.1. The minimum atomic E-state index is -1.02. The molecule has 2 aromatic rings. The van der Waals surface area contributed by atoms with Gasteiger partial charge >= 0.3 is 12.0 Å². The fourth-order valence-corrected chi connectivity index (χ4v) is 2.85. The van der Waals surface area contributed by atoms with Gasteiger partial charge in [-0.05, 0) is 31.3 Å². The van der Waals surface area contributed by atoms with E-state index in [1.54, 1.807) is 11.0 Å². The number of hydrogen-bond acceptors (Lipinski definition) is 4. The Kier molecular flexibility index (Phi) is 5.48. The zero-order valence-electron chi connectivity index (χ0n) is 14.7. The van der Waals surface area contributed by atoms with Crippen LogP contribution >= 0.6 is 0 Å². The highest BCUT2D eigenvalue weighted by atomic mass is 16.4. The van der Waals surface area contributed by atoms with Crippen LogP contribution in [0.5, 0.6) is 0 Å². The number of hydrogen-bond donors (Lipinski definition) is 1. The SMILES string of the molecule is CN1CCN(C(=O)N(Cc2ccc(C(=O)O)cn2)c2ccccc2)CC1. The molecule has 0 radical (unpaired) electrons. The number of rotatable bonds is 4. The molecule has 1 aromatic heterocycles. The molecule has 1 aliphatic heterocycles. The molecule has 7 nitrogen and oxygen atoms in total.